The van der Waals surface area contributed by atoms with Crippen molar-refractivity contribution < 1.29 is 9.32 Å². The molecular weight excluding hydrogens is 263 g/mol. The number of carbonyl (C=O) groups excluding carboxylic acids is 1. The summed E-state index contributed by atoms with van der Waals surface area (Å²) in [4.78, 5) is 11.1. The minimum Gasteiger partial charge on any atom is -0.336 e. The summed E-state index contributed by atoms with van der Waals surface area (Å²) >= 11 is 11.4. The van der Waals surface area contributed by atoms with Gasteiger partial charge in [-0.1, -0.05) is 47.1 Å². The van der Waals surface area contributed by atoms with Gasteiger partial charge in [-0.2, -0.15) is 0 Å². The van der Waals surface area contributed by atoms with Gasteiger partial charge in [0.2, 0.25) is 5.91 Å². The lowest BCUT2D eigenvalue weighted by Gasteiger charge is -1.97. The highest BCUT2D eigenvalue weighted by molar-refractivity contribution is 6.36. The highest BCUT2D eigenvalue weighted by atomic mass is 35.5. The third kappa shape index (κ3) is 2.60. The number of aromatic nitrogens is 1. The van der Waals surface area contributed by atoms with Gasteiger partial charge in [-0.05, 0) is 0 Å². The Kier molecular flexibility index (Phi) is 3.66. The van der Waals surface area contributed by atoms with Crippen molar-refractivity contribution in [1.29, 1.82) is 0 Å². The Morgan fingerprint density at radius 2 is 2.06 bits per heavy atom. The van der Waals surface area contributed by atoms with Crippen molar-refractivity contribution in [3.05, 3.63) is 35.4 Å². The molecule has 4 nitrogen and oxygen atoms in total. The second kappa shape index (κ2) is 5.21. The SMILES string of the molecule is O=C(CCl)Nc1onc(-c2ccccc2)c1Cl. The molecule has 0 saturated heterocycles. The molecule has 0 bridgehead atoms. The first-order valence-corrected chi connectivity index (χ1v) is 5.70. The fraction of sp³-hybridized carbons (Fsp3) is 0.0909. The van der Waals surface area contributed by atoms with Gasteiger partial charge < -0.3 is 4.52 Å². The number of amides is 1. The van der Waals surface area contributed by atoms with Gasteiger partial charge in [-0.25, -0.2) is 0 Å². The molecule has 17 heavy (non-hydrogen) atoms. The van der Waals surface area contributed by atoms with Crippen molar-refractivity contribution in [2.75, 3.05) is 11.2 Å². The molecule has 1 N–H and O–H groups in total. The fourth-order valence-corrected chi connectivity index (χ4v) is 1.58. The summed E-state index contributed by atoms with van der Waals surface area (Å²) in [6, 6.07) is 9.29. The zero-order valence-electron chi connectivity index (χ0n) is 8.61. The van der Waals surface area contributed by atoms with E-state index in [2.05, 4.69) is 10.5 Å². The van der Waals surface area contributed by atoms with Crippen LogP contribution in [0.3, 0.4) is 0 Å². The third-order valence-electron chi connectivity index (χ3n) is 2.06. The van der Waals surface area contributed by atoms with Crippen molar-refractivity contribution in [2.24, 2.45) is 0 Å². The first-order valence-electron chi connectivity index (χ1n) is 4.78. The topological polar surface area (TPSA) is 55.1 Å². The molecule has 0 fully saturated rings. The molecule has 0 unspecified atom stereocenters. The van der Waals surface area contributed by atoms with E-state index in [9.17, 15) is 4.79 Å². The molecule has 88 valence electrons. The lowest BCUT2D eigenvalue weighted by molar-refractivity contribution is -0.114. The molecule has 2 aromatic rings. The summed E-state index contributed by atoms with van der Waals surface area (Å²) in [7, 11) is 0. The summed E-state index contributed by atoms with van der Waals surface area (Å²) in [6.45, 7) is 0. The quantitative estimate of drug-likeness (QED) is 0.872. The number of rotatable bonds is 3. The van der Waals surface area contributed by atoms with Crippen LogP contribution in [0, 0.1) is 0 Å². The third-order valence-corrected chi connectivity index (χ3v) is 2.65. The Hall–Kier alpha value is -1.52. The van der Waals surface area contributed by atoms with E-state index in [-0.39, 0.29) is 16.8 Å². The molecule has 0 atom stereocenters. The van der Waals surface area contributed by atoms with E-state index in [0.29, 0.717) is 5.69 Å². The predicted molar refractivity (Wildman–Crippen MR) is 66.3 cm³/mol. The van der Waals surface area contributed by atoms with Crippen LogP contribution >= 0.6 is 23.2 Å². The number of alkyl halides is 1. The van der Waals surface area contributed by atoms with Crippen molar-refractivity contribution in [3.8, 4) is 11.3 Å². The van der Waals surface area contributed by atoms with Crippen LogP contribution in [0.1, 0.15) is 0 Å². The van der Waals surface area contributed by atoms with Crippen molar-refractivity contribution in [2.45, 2.75) is 0 Å². The van der Waals surface area contributed by atoms with Crippen LogP contribution < -0.4 is 5.32 Å². The second-order valence-electron chi connectivity index (χ2n) is 3.22. The maximum atomic E-state index is 11.1. The van der Waals surface area contributed by atoms with Gasteiger partial charge in [0, 0.05) is 5.56 Å². The van der Waals surface area contributed by atoms with Crippen LogP contribution in [-0.4, -0.2) is 16.9 Å². The van der Waals surface area contributed by atoms with Gasteiger partial charge in [-0.15, -0.1) is 11.6 Å². The molecule has 1 heterocycles. The molecular formula is C11H8Cl2N2O2. The second-order valence-corrected chi connectivity index (χ2v) is 3.87. The van der Waals surface area contributed by atoms with E-state index in [4.69, 9.17) is 27.7 Å². The standard InChI is InChI=1S/C11H8Cl2N2O2/c12-6-8(16)14-11-9(13)10(15-17-11)7-4-2-1-3-5-7/h1-5H,6H2,(H,14,16). The minimum atomic E-state index is -0.399. The molecule has 0 saturated carbocycles. The van der Waals surface area contributed by atoms with Gasteiger partial charge in [0.25, 0.3) is 5.88 Å². The summed E-state index contributed by atoms with van der Waals surface area (Å²) in [6.07, 6.45) is 0. The van der Waals surface area contributed by atoms with Crippen LogP contribution in [0.5, 0.6) is 0 Å². The smallest absolute Gasteiger partial charge is 0.250 e. The van der Waals surface area contributed by atoms with Crippen LogP contribution in [-0.2, 0) is 4.79 Å². The molecule has 1 aromatic carbocycles. The van der Waals surface area contributed by atoms with Gasteiger partial charge in [0.1, 0.15) is 16.6 Å². The van der Waals surface area contributed by atoms with E-state index >= 15 is 0 Å². The molecule has 0 radical (unpaired) electrons. The Morgan fingerprint density at radius 3 is 2.71 bits per heavy atom. The van der Waals surface area contributed by atoms with Gasteiger partial charge in [0.15, 0.2) is 0 Å². The Morgan fingerprint density at radius 1 is 1.35 bits per heavy atom. The predicted octanol–water partition coefficient (Wildman–Crippen LogP) is 3.17. The van der Waals surface area contributed by atoms with Crippen molar-refractivity contribution >= 4 is 35.0 Å². The number of nitrogens with zero attached hydrogens (tertiary/aromatic N) is 1. The van der Waals surface area contributed by atoms with E-state index in [1.807, 2.05) is 30.3 Å². The monoisotopic (exact) mass is 270 g/mol. The molecule has 0 spiro atoms. The molecule has 2 rings (SSSR count). The zero-order chi connectivity index (χ0) is 12.3. The summed E-state index contributed by atoms with van der Waals surface area (Å²) in [5.41, 5.74) is 1.30. The Labute approximate surface area is 108 Å². The highest BCUT2D eigenvalue weighted by Gasteiger charge is 2.16. The Balaban J connectivity index is 2.30. The molecule has 1 amide bonds. The maximum Gasteiger partial charge on any atom is 0.250 e. The number of carbonyl (C=O) groups is 1. The van der Waals surface area contributed by atoms with E-state index in [1.54, 1.807) is 0 Å². The zero-order valence-corrected chi connectivity index (χ0v) is 10.1. The van der Waals surface area contributed by atoms with E-state index in [0.717, 1.165) is 5.56 Å². The van der Waals surface area contributed by atoms with Crippen LogP contribution in [0.2, 0.25) is 5.02 Å². The first-order chi connectivity index (χ1) is 8.22. The van der Waals surface area contributed by atoms with Crippen LogP contribution in [0.25, 0.3) is 11.3 Å². The van der Waals surface area contributed by atoms with Gasteiger partial charge >= 0.3 is 0 Å². The van der Waals surface area contributed by atoms with Crippen molar-refractivity contribution in [3.63, 3.8) is 0 Å². The summed E-state index contributed by atoms with van der Waals surface area (Å²) in [5.74, 6) is -0.460. The largest absolute Gasteiger partial charge is 0.336 e. The Bertz CT molecular complexity index is 526. The number of halogens is 2. The number of anilines is 1. The molecule has 1 aromatic heterocycles. The molecule has 0 aliphatic carbocycles. The average molecular weight is 271 g/mol. The number of hydrogen-bond donors (Lipinski definition) is 1. The normalized spacial score (nSPS) is 10.2. The molecule has 6 heteroatoms. The van der Waals surface area contributed by atoms with E-state index < -0.39 is 5.91 Å². The minimum absolute atomic E-state index is 0.108. The molecule has 0 aliphatic rings. The van der Waals surface area contributed by atoms with Crippen LogP contribution in [0.4, 0.5) is 5.88 Å². The fourth-order valence-electron chi connectivity index (χ4n) is 1.29. The van der Waals surface area contributed by atoms with Crippen molar-refractivity contribution in [1.82, 2.24) is 5.16 Å². The van der Waals surface area contributed by atoms with Gasteiger partial charge in [-0.3, -0.25) is 10.1 Å². The number of nitrogens with one attached hydrogen (secondary N) is 1. The number of benzene rings is 1. The van der Waals surface area contributed by atoms with Gasteiger partial charge in [0.05, 0.1) is 0 Å². The average Bonchev–Trinajstić information content (AvgIpc) is 2.72. The number of hydrogen-bond acceptors (Lipinski definition) is 3. The first kappa shape index (κ1) is 12.0. The lowest BCUT2D eigenvalue weighted by Crippen LogP contribution is -2.12. The van der Waals surface area contributed by atoms with Crippen LogP contribution in [0.15, 0.2) is 34.9 Å². The highest BCUT2D eigenvalue weighted by Crippen LogP contribution is 2.33. The summed E-state index contributed by atoms with van der Waals surface area (Å²) < 4.78 is 4.95. The summed E-state index contributed by atoms with van der Waals surface area (Å²) in [5, 5.41) is 6.49. The van der Waals surface area contributed by atoms with E-state index in [1.165, 1.54) is 0 Å². The maximum absolute atomic E-state index is 11.1. The lowest BCUT2D eigenvalue weighted by atomic mass is 10.1. The molecule has 0 aliphatic heterocycles.